The smallest absolute Gasteiger partial charge is 0.407 e. The molecule has 12 heavy (non-hydrogen) atoms. The number of amides is 1. The Hall–Kier alpha value is -0.770. The Morgan fingerprint density at radius 1 is 1.67 bits per heavy atom. The average Bonchev–Trinajstić information content (AvgIpc) is 1.94. The fourth-order valence-corrected chi connectivity index (χ4v) is 1.54. The van der Waals surface area contributed by atoms with Gasteiger partial charge in [-0.25, -0.2) is 4.79 Å². The number of hydrogen-bond donors (Lipinski definition) is 2. The Morgan fingerprint density at radius 2 is 2.25 bits per heavy atom. The molecule has 4 heteroatoms. The summed E-state index contributed by atoms with van der Waals surface area (Å²) in [6.07, 6.45) is -0.0748. The normalized spacial score (nSPS) is 28.6. The first-order valence-electron chi connectivity index (χ1n) is 4.17. The highest BCUT2D eigenvalue weighted by Crippen LogP contribution is 2.27. The highest BCUT2D eigenvalue weighted by atomic mass is 16.4. The molecule has 0 aromatic rings. The summed E-state index contributed by atoms with van der Waals surface area (Å²) in [5.74, 6) is 0. The monoisotopic (exact) mass is 172 g/mol. The van der Waals surface area contributed by atoms with Gasteiger partial charge in [0.25, 0.3) is 0 Å². The molecule has 1 aliphatic heterocycles. The number of nitrogens with two attached hydrogens (primary N) is 1. The van der Waals surface area contributed by atoms with Gasteiger partial charge in [-0.1, -0.05) is 13.8 Å². The predicted octanol–water partition coefficient (Wildman–Crippen LogP) is 0.724. The minimum Gasteiger partial charge on any atom is -0.465 e. The molecule has 1 heterocycles. The van der Waals surface area contributed by atoms with Crippen molar-refractivity contribution in [2.45, 2.75) is 26.3 Å². The lowest BCUT2D eigenvalue weighted by molar-refractivity contribution is 0.0822. The van der Waals surface area contributed by atoms with E-state index in [0.29, 0.717) is 13.1 Å². The summed E-state index contributed by atoms with van der Waals surface area (Å²) in [5, 5.41) is 8.74. The average molecular weight is 172 g/mol. The number of carboxylic acid groups (broad SMARTS) is 1. The number of piperidine rings is 1. The van der Waals surface area contributed by atoms with Gasteiger partial charge in [0.05, 0.1) is 0 Å². The maximum Gasteiger partial charge on any atom is 0.407 e. The molecule has 0 aromatic heterocycles. The molecule has 0 aromatic carbocycles. The molecule has 1 rings (SSSR count). The molecule has 1 aliphatic rings. The molecule has 4 nitrogen and oxygen atoms in total. The zero-order valence-corrected chi connectivity index (χ0v) is 7.58. The third-order valence-electron chi connectivity index (χ3n) is 2.58. The summed E-state index contributed by atoms with van der Waals surface area (Å²) in [7, 11) is 0. The number of rotatable bonds is 0. The van der Waals surface area contributed by atoms with E-state index in [2.05, 4.69) is 0 Å². The summed E-state index contributed by atoms with van der Waals surface area (Å²) in [5.41, 5.74) is 5.77. The quantitative estimate of drug-likeness (QED) is 0.566. The van der Waals surface area contributed by atoms with Crippen LogP contribution < -0.4 is 5.73 Å². The van der Waals surface area contributed by atoms with Crippen LogP contribution in [0.25, 0.3) is 0 Å². The maximum absolute atomic E-state index is 10.6. The van der Waals surface area contributed by atoms with Crippen molar-refractivity contribution in [3.63, 3.8) is 0 Å². The minimum atomic E-state index is -0.838. The van der Waals surface area contributed by atoms with E-state index >= 15 is 0 Å². The van der Waals surface area contributed by atoms with Gasteiger partial charge in [-0.3, -0.25) is 0 Å². The van der Waals surface area contributed by atoms with Crippen LogP contribution in [0.1, 0.15) is 20.3 Å². The second kappa shape index (κ2) is 2.94. The van der Waals surface area contributed by atoms with Crippen LogP contribution in [0.3, 0.4) is 0 Å². The van der Waals surface area contributed by atoms with Crippen molar-refractivity contribution in [2.24, 2.45) is 11.1 Å². The van der Waals surface area contributed by atoms with Crippen LogP contribution in [0, 0.1) is 5.41 Å². The maximum atomic E-state index is 10.6. The van der Waals surface area contributed by atoms with Crippen molar-refractivity contribution in [1.82, 2.24) is 4.90 Å². The fourth-order valence-electron chi connectivity index (χ4n) is 1.54. The van der Waals surface area contributed by atoms with Gasteiger partial charge in [0.2, 0.25) is 0 Å². The first-order valence-corrected chi connectivity index (χ1v) is 4.17. The summed E-state index contributed by atoms with van der Waals surface area (Å²) in [4.78, 5) is 12.1. The second-order valence-corrected chi connectivity index (χ2v) is 4.09. The molecule has 0 aliphatic carbocycles. The summed E-state index contributed by atoms with van der Waals surface area (Å²) >= 11 is 0. The van der Waals surface area contributed by atoms with Gasteiger partial charge in [0.15, 0.2) is 0 Å². The molecule has 1 unspecified atom stereocenters. The van der Waals surface area contributed by atoms with Crippen molar-refractivity contribution in [1.29, 1.82) is 0 Å². The van der Waals surface area contributed by atoms with E-state index in [1.165, 1.54) is 4.90 Å². The Kier molecular flexibility index (Phi) is 2.28. The zero-order chi connectivity index (χ0) is 9.35. The highest BCUT2D eigenvalue weighted by Gasteiger charge is 2.35. The van der Waals surface area contributed by atoms with Crippen LogP contribution >= 0.6 is 0 Å². The number of likely N-dealkylation sites (tertiary alicyclic amines) is 1. The van der Waals surface area contributed by atoms with Crippen LogP contribution in [-0.2, 0) is 0 Å². The Balaban J connectivity index is 2.63. The lowest BCUT2D eigenvalue weighted by Crippen LogP contribution is -2.53. The van der Waals surface area contributed by atoms with Gasteiger partial charge in [-0.2, -0.15) is 0 Å². The van der Waals surface area contributed by atoms with Crippen LogP contribution in [0.15, 0.2) is 0 Å². The van der Waals surface area contributed by atoms with Crippen LogP contribution in [0.5, 0.6) is 0 Å². The molecule has 0 saturated carbocycles. The van der Waals surface area contributed by atoms with Crippen molar-refractivity contribution in [3.8, 4) is 0 Å². The Labute approximate surface area is 72.3 Å². The molecule has 0 radical (unpaired) electrons. The highest BCUT2D eigenvalue weighted by molar-refractivity contribution is 5.65. The van der Waals surface area contributed by atoms with Gasteiger partial charge in [0.1, 0.15) is 0 Å². The van der Waals surface area contributed by atoms with E-state index in [1.807, 2.05) is 13.8 Å². The van der Waals surface area contributed by atoms with E-state index in [0.717, 1.165) is 6.42 Å². The van der Waals surface area contributed by atoms with E-state index < -0.39 is 6.09 Å². The second-order valence-electron chi connectivity index (χ2n) is 4.09. The molecule has 1 amide bonds. The molecule has 70 valence electrons. The van der Waals surface area contributed by atoms with Crippen LogP contribution in [0.4, 0.5) is 4.79 Å². The molecule has 3 N–H and O–H groups in total. The van der Waals surface area contributed by atoms with E-state index in [-0.39, 0.29) is 11.5 Å². The van der Waals surface area contributed by atoms with Gasteiger partial charge in [0, 0.05) is 19.1 Å². The topological polar surface area (TPSA) is 66.6 Å². The van der Waals surface area contributed by atoms with Crippen molar-refractivity contribution < 1.29 is 9.90 Å². The van der Waals surface area contributed by atoms with E-state index in [4.69, 9.17) is 10.8 Å². The summed E-state index contributed by atoms with van der Waals surface area (Å²) in [6, 6.07) is 0.119. The summed E-state index contributed by atoms with van der Waals surface area (Å²) < 4.78 is 0. The summed E-state index contributed by atoms with van der Waals surface area (Å²) in [6.45, 7) is 5.13. The van der Waals surface area contributed by atoms with Gasteiger partial charge in [-0.05, 0) is 11.8 Å². The molecule has 0 spiro atoms. The lowest BCUT2D eigenvalue weighted by Gasteiger charge is -2.41. The van der Waals surface area contributed by atoms with Crippen LogP contribution in [-0.4, -0.2) is 35.2 Å². The largest absolute Gasteiger partial charge is 0.465 e. The fraction of sp³-hybridized carbons (Fsp3) is 0.875. The third kappa shape index (κ3) is 1.69. The molecule has 0 bridgehead atoms. The first-order chi connectivity index (χ1) is 5.43. The van der Waals surface area contributed by atoms with E-state index in [9.17, 15) is 4.79 Å². The first kappa shape index (κ1) is 9.32. The zero-order valence-electron chi connectivity index (χ0n) is 7.58. The number of carbonyl (C=O) groups is 1. The van der Waals surface area contributed by atoms with Crippen molar-refractivity contribution >= 4 is 6.09 Å². The third-order valence-corrected chi connectivity index (χ3v) is 2.58. The SMILES string of the molecule is CC1(C)CN(C(=O)O)CCC1N. The predicted molar refractivity (Wildman–Crippen MR) is 46.0 cm³/mol. The molecular weight excluding hydrogens is 156 g/mol. The Morgan fingerprint density at radius 3 is 2.67 bits per heavy atom. The molecule has 1 fully saturated rings. The molecule has 1 saturated heterocycles. The van der Waals surface area contributed by atoms with Gasteiger partial charge < -0.3 is 15.7 Å². The number of nitrogens with zero attached hydrogens (tertiary/aromatic N) is 1. The Bertz CT molecular complexity index is 191. The standard InChI is InChI=1S/C8H16N2O2/c1-8(2)5-10(7(11)12)4-3-6(8)9/h6H,3-5,9H2,1-2H3,(H,11,12). The number of hydrogen-bond acceptors (Lipinski definition) is 2. The van der Waals surface area contributed by atoms with E-state index in [1.54, 1.807) is 0 Å². The van der Waals surface area contributed by atoms with Crippen molar-refractivity contribution in [2.75, 3.05) is 13.1 Å². The molecular formula is C8H16N2O2. The molecule has 1 atom stereocenters. The van der Waals surface area contributed by atoms with Gasteiger partial charge >= 0.3 is 6.09 Å². The minimum absolute atomic E-state index is 0.0867. The van der Waals surface area contributed by atoms with Crippen molar-refractivity contribution in [3.05, 3.63) is 0 Å². The van der Waals surface area contributed by atoms with Crippen LogP contribution in [0.2, 0.25) is 0 Å². The lowest BCUT2D eigenvalue weighted by atomic mass is 9.80. The van der Waals surface area contributed by atoms with Gasteiger partial charge in [-0.15, -0.1) is 0 Å².